The summed E-state index contributed by atoms with van der Waals surface area (Å²) in [6.07, 6.45) is 1.78. The van der Waals surface area contributed by atoms with E-state index in [9.17, 15) is 4.79 Å². The first kappa shape index (κ1) is 11.4. The summed E-state index contributed by atoms with van der Waals surface area (Å²) in [6, 6.07) is 5.07. The van der Waals surface area contributed by atoms with E-state index in [0.29, 0.717) is 16.3 Å². The van der Waals surface area contributed by atoms with E-state index in [4.69, 9.17) is 17.3 Å². The smallest absolute Gasteiger partial charge is 0.168 e. The maximum absolute atomic E-state index is 12.2. The third kappa shape index (κ3) is 2.36. The van der Waals surface area contributed by atoms with Gasteiger partial charge in [0.2, 0.25) is 0 Å². The lowest BCUT2D eigenvalue weighted by molar-refractivity contribution is 0.0896. The monoisotopic (exact) mass is 238 g/mol. The highest BCUT2D eigenvalue weighted by Crippen LogP contribution is 2.24. The van der Waals surface area contributed by atoms with Gasteiger partial charge < -0.3 is 11.1 Å². The highest BCUT2D eigenvalue weighted by molar-refractivity contribution is 6.31. The summed E-state index contributed by atoms with van der Waals surface area (Å²) in [6.45, 7) is 1.81. The van der Waals surface area contributed by atoms with E-state index in [2.05, 4.69) is 5.32 Å². The summed E-state index contributed by atoms with van der Waals surface area (Å²) in [5.74, 6) is 0.250. The lowest BCUT2D eigenvalue weighted by Gasteiger charge is -2.21. The molecule has 16 heavy (non-hydrogen) atoms. The Morgan fingerprint density at radius 3 is 2.69 bits per heavy atom. The van der Waals surface area contributed by atoms with Gasteiger partial charge in [0.25, 0.3) is 0 Å². The molecule has 1 aliphatic rings. The van der Waals surface area contributed by atoms with E-state index < -0.39 is 0 Å². The average Bonchev–Trinajstić information content (AvgIpc) is 2.29. The summed E-state index contributed by atoms with van der Waals surface area (Å²) in [5.41, 5.74) is 6.90. The molecule has 1 aromatic rings. The lowest BCUT2D eigenvalue weighted by Crippen LogP contribution is -2.32. The zero-order chi connectivity index (χ0) is 11.5. The van der Waals surface area contributed by atoms with Crippen LogP contribution in [0.15, 0.2) is 18.2 Å². The van der Waals surface area contributed by atoms with Crippen LogP contribution < -0.4 is 11.1 Å². The molecule has 0 saturated carbocycles. The summed E-state index contributed by atoms with van der Waals surface area (Å²) in [4.78, 5) is 12.2. The van der Waals surface area contributed by atoms with E-state index in [1.165, 1.54) is 0 Å². The van der Waals surface area contributed by atoms with Crippen molar-refractivity contribution in [2.24, 2.45) is 5.92 Å². The second-order valence-corrected chi connectivity index (χ2v) is 4.56. The number of hydrogen-bond acceptors (Lipinski definition) is 3. The van der Waals surface area contributed by atoms with Crippen molar-refractivity contribution < 1.29 is 4.79 Å². The fourth-order valence-corrected chi connectivity index (χ4v) is 2.24. The Morgan fingerprint density at radius 1 is 1.38 bits per heavy atom. The number of hydrogen-bond donors (Lipinski definition) is 2. The van der Waals surface area contributed by atoms with Gasteiger partial charge in [0.1, 0.15) is 0 Å². The molecule has 4 heteroatoms. The summed E-state index contributed by atoms with van der Waals surface area (Å²) >= 11 is 5.81. The van der Waals surface area contributed by atoms with Gasteiger partial charge in [0, 0.05) is 22.2 Å². The Hall–Kier alpha value is -1.06. The molecule has 86 valence electrons. The molecule has 0 radical (unpaired) electrons. The van der Waals surface area contributed by atoms with Crippen LogP contribution in [0.1, 0.15) is 23.2 Å². The third-order valence-corrected chi connectivity index (χ3v) is 3.22. The number of rotatable bonds is 2. The second-order valence-electron chi connectivity index (χ2n) is 4.12. The predicted octanol–water partition coefficient (Wildman–Crippen LogP) is 2.10. The minimum absolute atomic E-state index is 0.102. The molecule has 0 spiro atoms. The van der Waals surface area contributed by atoms with Crippen molar-refractivity contribution >= 4 is 23.1 Å². The van der Waals surface area contributed by atoms with Crippen LogP contribution in [0.5, 0.6) is 0 Å². The molecule has 0 bridgehead atoms. The quantitative estimate of drug-likeness (QED) is 0.613. The molecule has 0 amide bonds. The number of carbonyl (C=O) groups is 1. The molecule has 0 aliphatic carbocycles. The molecule has 3 nitrogen and oxygen atoms in total. The summed E-state index contributed by atoms with van der Waals surface area (Å²) in [7, 11) is 0. The Balaban J connectivity index is 2.19. The van der Waals surface area contributed by atoms with Crippen molar-refractivity contribution in [1.82, 2.24) is 5.32 Å². The van der Waals surface area contributed by atoms with Crippen molar-refractivity contribution in [3.05, 3.63) is 28.8 Å². The molecular formula is C12H15ClN2O. The average molecular weight is 239 g/mol. The fraction of sp³-hybridized carbons (Fsp3) is 0.417. The minimum atomic E-state index is 0.102. The van der Waals surface area contributed by atoms with Gasteiger partial charge in [-0.2, -0.15) is 0 Å². The van der Waals surface area contributed by atoms with Crippen molar-refractivity contribution in [2.45, 2.75) is 12.8 Å². The number of carbonyl (C=O) groups excluding carboxylic acids is 1. The highest BCUT2D eigenvalue weighted by Gasteiger charge is 2.23. The number of piperidine rings is 1. The zero-order valence-corrected chi connectivity index (χ0v) is 9.76. The van der Waals surface area contributed by atoms with Gasteiger partial charge in [0.15, 0.2) is 5.78 Å². The topological polar surface area (TPSA) is 55.1 Å². The van der Waals surface area contributed by atoms with Crippen molar-refractivity contribution in [3.8, 4) is 0 Å². The van der Waals surface area contributed by atoms with Gasteiger partial charge in [-0.3, -0.25) is 4.79 Å². The molecule has 0 atom stereocenters. The number of anilines is 1. The van der Waals surface area contributed by atoms with Gasteiger partial charge in [0.05, 0.1) is 0 Å². The van der Waals surface area contributed by atoms with Crippen LogP contribution in [0.2, 0.25) is 5.02 Å². The molecule has 1 aliphatic heterocycles. The van der Waals surface area contributed by atoms with Gasteiger partial charge in [-0.25, -0.2) is 0 Å². The van der Waals surface area contributed by atoms with Crippen LogP contribution in [0.3, 0.4) is 0 Å². The molecule has 0 unspecified atom stereocenters. The molecule has 3 N–H and O–H groups in total. The van der Waals surface area contributed by atoms with Gasteiger partial charge >= 0.3 is 0 Å². The van der Waals surface area contributed by atoms with Crippen molar-refractivity contribution in [1.29, 1.82) is 0 Å². The standard InChI is InChI=1S/C12H15ClN2O/c13-9-1-2-10(11(14)7-9)12(16)8-3-5-15-6-4-8/h1-2,7-8,15H,3-6,14H2. The molecular weight excluding hydrogens is 224 g/mol. The van der Waals surface area contributed by atoms with Crippen molar-refractivity contribution in [2.75, 3.05) is 18.8 Å². The highest BCUT2D eigenvalue weighted by atomic mass is 35.5. The number of ketones is 1. The predicted molar refractivity (Wildman–Crippen MR) is 65.8 cm³/mol. The van der Waals surface area contributed by atoms with Gasteiger partial charge in [-0.05, 0) is 44.1 Å². The van der Waals surface area contributed by atoms with Crippen LogP contribution in [0.25, 0.3) is 0 Å². The van der Waals surface area contributed by atoms with E-state index >= 15 is 0 Å². The maximum Gasteiger partial charge on any atom is 0.168 e. The maximum atomic E-state index is 12.2. The number of nitrogens with one attached hydrogen (secondary N) is 1. The SMILES string of the molecule is Nc1cc(Cl)ccc1C(=O)C1CCNCC1. The zero-order valence-electron chi connectivity index (χ0n) is 9.00. The lowest BCUT2D eigenvalue weighted by atomic mass is 9.89. The van der Waals surface area contributed by atoms with Crippen LogP contribution >= 0.6 is 11.6 Å². The molecule has 1 aromatic carbocycles. The number of nitrogen functional groups attached to an aromatic ring is 1. The fourth-order valence-electron chi connectivity index (χ4n) is 2.06. The molecule has 1 heterocycles. The minimum Gasteiger partial charge on any atom is -0.398 e. The van der Waals surface area contributed by atoms with E-state index in [0.717, 1.165) is 25.9 Å². The number of halogens is 1. The Labute approximate surface area is 100.0 Å². The van der Waals surface area contributed by atoms with Crippen LogP contribution in [0, 0.1) is 5.92 Å². The van der Waals surface area contributed by atoms with E-state index in [1.807, 2.05) is 0 Å². The van der Waals surface area contributed by atoms with Crippen molar-refractivity contribution in [3.63, 3.8) is 0 Å². The van der Waals surface area contributed by atoms with Gasteiger partial charge in [-0.1, -0.05) is 11.6 Å². The largest absolute Gasteiger partial charge is 0.398 e. The summed E-state index contributed by atoms with van der Waals surface area (Å²) in [5, 5.41) is 3.81. The molecule has 0 aromatic heterocycles. The normalized spacial score (nSPS) is 17.3. The molecule has 2 rings (SSSR count). The third-order valence-electron chi connectivity index (χ3n) is 2.99. The van der Waals surface area contributed by atoms with Crippen LogP contribution in [0.4, 0.5) is 5.69 Å². The first-order valence-electron chi connectivity index (χ1n) is 5.48. The molecule has 1 fully saturated rings. The number of benzene rings is 1. The van der Waals surface area contributed by atoms with Crippen LogP contribution in [-0.2, 0) is 0 Å². The van der Waals surface area contributed by atoms with Gasteiger partial charge in [-0.15, -0.1) is 0 Å². The van der Waals surface area contributed by atoms with Crippen LogP contribution in [-0.4, -0.2) is 18.9 Å². The number of Topliss-reactive ketones (excluding diaryl/α,β-unsaturated/α-hetero) is 1. The first-order chi connectivity index (χ1) is 7.68. The van der Waals surface area contributed by atoms with E-state index in [-0.39, 0.29) is 11.7 Å². The number of nitrogens with two attached hydrogens (primary N) is 1. The molecule has 1 saturated heterocycles. The Morgan fingerprint density at radius 2 is 2.06 bits per heavy atom. The Kier molecular flexibility index (Phi) is 3.46. The first-order valence-corrected chi connectivity index (χ1v) is 5.86. The second kappa shape index (κ2) is 4.85. The summed E-state index contributed by atoms with van der Waals surface area (Å²) < 4.78 is 0. The van der Waals surface area contributed by atoms with E-state index in [1.54, 1.807) is 18.2 Å². The Bertz CT molecular complexity index is 400.